The molecule has 0 spiro atoms. The molecule has 16 heavy (non-hydrogen) atoms. The van der Waals surface area contributed by atoms with Crippen LogP contribution in [0.5, 0.6) is 0 Å². The van der Waals surface area contributed by atoms with Gasteiger partial charge in [-0.1, -0.05) is 30.0 Å². The van der Waals surface area contributed by atoms with Crippen molar-refractivity contribution in [3.05, 3.63) is 41.3 Å². The highest BCUT2D eigenvalue weighted by Gasteiger charge is 2.29. The molecule has 2 rings (SSSR count). The molecule has 0 aromatic heterocycles. The van der Waals surface area contributed by atoms with Gasteiger partial charge in [-0.05, 0) is 19.1 Å². The van der Waals surface area contributed by atoms with E-state index in [-0.39, 0.29) is 11.8 Å². The minimum atomic E-state index is -0.217. The first-order valence-corrected chi connectivity index (χ1v) is 5.84. The molecule has 1 aliphatic rings. The number of imide groups is 1. The Hall–Kier alpha value is -1.55. The molecule has 0 unspecified atom stereocenters. The molecule has 0 saturated heterocycles. The van der Waals surface area contributed by atoms with Gasteiger partial charge in [0.15, 0.2) is 0 Å². The van der Waals surface area contributed by atoms with Crippen LogP contribution in [0.4, 0.5) is 0 Å². The summed E-state index contributed by atoms with van der Waals surface area (Å²) in [6, 6.07) is 9.55. The molecule has 1 aromatic carbocycles. The van der Waals surface area contributed by atoms with Crippen LogP contribution in [0.1, 0.15) is 6.92 Å². The fourth-order valence-electron chi connectivity index (χ4n) is 1.47. The molecule has 0 bridgehead atoms. The third-order valence-corrected chi connectivity index (χ3v) is 3.28. The van der Waals surface area contributed by atoms with E-state index in [2.05, 4.69) is 0 Å². The molecule has 4 heteroatoms. The molecule has 0 radical (unpaired) electrons. The van der Waals surface area contributed by atoms with Gasteiger partial charge in [0.25, 0.3) is 11.8 Å². The molecule has 0 N–H and O–H groups in total. The predicted octanol–water partition coefficient (Wildman–Crippen LogP) is 2.05. The van der Waals surface area contributed by atoms with E-state index in [1.165, 1.54) is 22.7 Å². The second-order valence-electron chi connectivity index (χ2n) is 3.31. The Morgan fingerprint density at radius 2 is 1.88 bits per heavy atom. The van der Waals surface area contributed by atoms with Crippen LogP contribution in [-0.2, 0) is 9.59 Å². The molecule has 0 aliphatic carbocycles. The third-order valence-electron chi connectivity index (χ3n) is 2.26. The van der Waals surface area contributed by atoms with Crippen molar-refractivity contribution in [3.8, 4) is 0 Å². The van der Waals surface area contributed by atoms with Crippen LogP contribution in [0, 0.1) is 0 Å². The molecule has 82 valence electrons. The van der Waals surface area contributed by atoms with Crippen LogP contribution in [0.2, 0.25) is 0 Å². The molecule has 1 heterocycles. The van der Waals surface area contributed by atoms with Gasteiger partial charge in [0.2, 0.25) is 0 Å². The van der Waals surface area contributed by atoms with Crippen LogP contribution in [-0.4, -0.2) is 23.3 Å². The summed E-state index contributed by atoms with van der Waals surface area (Å²) >= 11 is 1.33. The summed E-state index contributed by atoms with van der Waals surface area (Å²) in [5.41, 5.74) is 0. The van der Waals surface area contributed by atoms with Gasteiger partial charge in [-0.3, -0.25) is 14.5 Å². The van der Waals surface area contributed by atoms with Gasteiger partial charge in [-0.25, -0.2) is 0 Å². The van der Waals surface area contributed by atoms with Crippen LogP contribution in [0.3, 0.4) is 0 Å². The lowest BCUT2D eigenvalue weighted by atomic mass is 10.4. The minimum absolute atomic E-state index is 0.193. The number of rotatable bonds is 3. The minimum Gasteiger partial charge on any atom is -0.275 e. The van der Waals surface area contributed by atoms with E-state index in [1.54, 1.807) is 6.92 Å². The van der Waals surface area contributed by atoms with Gasteiger partial charge >= 0.3 is 0 Å². The quantitative estimate of drug-likeness (QED) is 0.750. The highest BCUT2D eigenvalue weighted by atomic mass is 32.2. The maximum absolute atomic E-state index is 11.8. The standard InChI is InChI=1S/C12H11NO2S/c1-2-13-11(14)8-10(12(13)15)16-9-6-4-3-5-7-9/h3-8H,2H2,1H3. The Bertz CT molecular complexity index is 453. The number of carbonyl (C=O) groups is 2. The van der Waals surface area contributed by atoms with E-state index in [1.807, 2.05) is 30.3 Å². The number of nitrogens with zero attached hydrogens (tertiary/aromatic N) is 1. The fourth-order valence-corrected chi connectivity index (χ4v) is 2.38. The largest absolute Gasteiger partial charge is 0.275 e. The summed E-state index contributed by atoms with van der Waals surface area (Å²) in [6.07, 6.45) is 1.41. The first kappa shape index (κ1) is 11.0. The Morgan fingerprint density at radius 1 is 1.19 bits per heavy atom. The molecular formula is C12H11NO2S. The van der Waals surface area contributed by atoms with Crippen molar-refractivity contribution >= 4 is 23.6 Å². The Balaban J connectivity index is 2.16. The number of thioether (sulfide) groups is 1. The fraction of sp³-hybridized carbons (Fsp3) is 0.167. The third kappa shape index (κ3) is 2.02. The summed E-state index contributed by atoms with van der Waals surface area (Å²) in [4.78, 5) is 25.9. The summed E-state index contributed by atoms with van der Waals surface area (Å²) in [5.74, 6) is -0.410. The van der Waals surface area contributed by atoms with Crippen molar-refractivity contribution in [1.29, 1.82) is 0 Å². The molecule has 1 aliphatic heterocycles. The first-order valence-electron chi connectivity index (χ1n) is 5.03. The lowest BCUT2D eigenvalue weighted by Gasteiger charge is -2.10. The lowest BCUT2D eigenvalue weighted by Crippen LogP contribution is -2.30. The zero-order chi connectivity index (χ0) is 11.5. The van der Waals surface area contributed by atoms with Crippen molar-refractivity contribution in [2.45, 2.75) is 11.8 Å². The molecule has 3 nitrogen and oxygen atoms in total. The zero-order valence-corrected chi connectivity index (χ0v) is 9.66. The maximum Gasteiger partial charge on any atom is 0.267 e. The van der Waals surface area contributed by atoms with Gasteiger partial charge in [0.1, 0.15) is 0 Å². The van der Waals surface area contributed by atoms with Crippen molar-refractivity contribution < 1.29 is 9.59 Å². The van der Waals surface area contributed by atoms with Crippen molar-refractivity contribution in [2.24, 2.45) is 0 Å². The van der Waals surface area contributed by atoms with E-state index >= 15 is 0 Å². The highest BCUT2D eigenvalue weighted by Crippen LogP contribution is 2.30. The number of benzene rings is 1. The van der Waals surface area contributed by atoms with E-state index in [4.69, 9.17) is 0 Å². The van der Waals surface area contributed by atoms with Gasteiger partial charge in [0.05, 0.1) is 4.91 Å². The molecular weight excluding hydrogens is 222 g/mol. The zero-order valence-electron chi connectivity index (χ0n) is 8.84. The molecule has 0 fully saturated rings. The van der Waals surface area contributed by atoms with Crippen molar-refractivity contribution in [3.63, 3.8) is 0 Å². The second kappa shape index (κ2) is 4.53. The van der Waals surface area contributed by atoms with Gasteiger partial charge in [0, 0.05) is 17.5 Å². The van der Waals surface area contributed by atoms with Crippen LogP contribution >= 0.6 is 11.8 Å². The maximum atomic E-state index is 11.8. The average Bonchev–Trinajstić information content (AvgIpc) is 2.55. The van der Waals surface area contributed by atoms with Crippen molar-refractivity contribution in [1.82, 2.24) is 4.90 Å². The second-order valence-corrected chi connectivity index (χ2v) is 4.43. The lowest BCUT2D eigenvalue weighted by molar-refractivity contribution is -0.136. The van der Waals surface area contributed by atoms with Crippen LogP contribution in [0.15, 0.2) is 46.2 Å². The van der Waals surface area contributed by atoms with E-state index in [0.29, 0.717) is 11.4 Å². The Morgan fingerprint density at radius 3 is 2.44 bits per heavy atom. The smallest absolute Gasteiger partial charge is 0.267 e. The van der Waals surface area contributed by atoms with E-state index in [0.717, 1.165) is 4.90 Å². The normalized spacial score (nSPS) is 15.6. The number of hydrogen-bond acceptors (Lipinski definition) is 3. The molecule has 1 aromatic rings. The van der Waals surface area contributed by atoms with Crippen molar-refractivity contribution in [2.75, 3.05) is 6.54 Å². The monoisotopic (exact) mass is 233 g/mol. The van der Waals surface area contributed by atoms with Gasteiger partial charge in [-0.15, -0.1) is 0 Å². The van der Waals surface area contributed by atoms with Gasteiger partial charge < -0.3 is 0 Å². The summed E-state index contributed by atoms with van der Waals surface area (Å²) in [5, 5.41) is 0. The number of likely N-dealkylation sites (N-methyl/N-ethyl adjacent to an activating group) is 1. The average molecular weight is 233 g/mol. The summed E-state index contributed by atoms with van der Waals surface area (Å²) < 4.78 is 0. The Kier molecular flexibility index (Phi) is 3.10. The van der Waals surface area contributed by atoms with Gasteiger partial charge in [-0.2, -0.15) is 0 Å². The topological polar surface area (TPSA) is 37.4 Å². The SMILES string of the molecule is CCN1C(=O)C=C(Sc2ccccc2)C1=O. The number of carbonyl (C=O) groups excluding carboxylic acids is 2. The first-order chi connectivity index (χ1) is 7.72. The Labute approximate surface area is 98.1 Å². The van der Waals surface area contributed by atoms with Crippen LogP contribution in [0.25, 0.3) is 0 Å². The summed E-state index contributed by atoms with van der Waals surface area (Å²) in [7, 11) is 0. The predicted molar refractivity (Wildman–Crippen MR) is 62.8 cm³/mol. The highest BCUT2D eigenvalue weighted by molar-refractivity contribution is 8.04. The van der Waals surface area contributed by atoms with E-state index < -0.39 is 0 Å². The number of amides is 2. The summed E-state index contributed by atoms with van der Waals surface area (Å²) in [6.45, 7) is 2.22. The molecule has 0 saturated carbocycles. The van der Waals surface area contributed by atoms with E-state index in [9.17, 15) is 9.59 Å². The molecule has 2 amide bonds. The van der Waals surface area contributed by atoms with Crippen LogP contribution < -0.4 is 0 Å². The number of hydrogen-bond donors (Lipinski definition) is 0. The molecule has 0 atom stereocenters.